The van der Waals surface area contributed by atoms with Gasteiger partial charge < -0.3 is 50.7 Å². The molecule has 1 heterocycles. The first-order valence-corrected chi connectivity index (χ1v) is 12.0. The Kier molecular flexibility index (Phi) is 11.6. The molecule has 1 aliphatic rings. The van der Waals surface area contributed by atoms with Gasteiger partial charge in [-0.15, -0.1) is 0 Å². The third-order valence-electron chi connectivity index (χ3n) is 5.98. The highest BCUT2D eigenvalue weighted by molar-refractivity contribution is 5.87. The molecule has 212 valence electrons. The summed E-state index contributed by atoms with van der Waals surface area (Å²) >= 11 is 0. The number of rotatable bonds is 14. The second kappa shape index (κ2) is 14.1. The van der Waals surface area contributed by atoms with E-state index in [2.05, 4.69) is 10.6 Å². The number of hydrogen-bond acceptors (Lipinski definition) is 10. The molecule has 2 amide bonds. The van der Waals surface area contributed by atoms with Crippen molar-refractivity contribution in [2.75, 3.05) is 13.2 Å². The maximum absolute atomic E-state index is 12.1. The van der Waals surface area contributed by atoms with Crippen molar-refractivity contribution in [3.8, 4) is 0 Å². The smallest absolute Gasteiger partial charge is 0.364 e. The first-order chi connectivity index (χ1) is 17.9. The lowest BCUT2D eigenvalue weighted by atomic mass is 9.88. The lowest BCUT2D eigenvalue weighted by Gasteiger charge is -2.46. The van der Waals surface area contributed by atoms with Gasteiger partial charge >= 0.3 is 11.9 Å². The number of aliphatic hydroxyl groups is 4. The maximum atomic E-state index is 12.1. The number of unbranched alkanes of at least 4 members (excludes halogenated alkanes) is 1. The number of carboxylic acids is 2. The summed E-state index contributed by atoms with van der Waals surface area (Å²) in [5, 5.41) is 63.8. The monoisotopic (exact) mass is 542 g/mol. The zero-order valence-corrected chi connectivity index (χ0v) is 20.8. The topological polar surface area (TPSA) is 232 Å². The van der Waals surface area contributed by atoms with E-state index in [-0.39, 0.29) is 37.5 Å². The van der Waals surface area contributed by atoms with Gasteiger partial charge in [0.2, 0.25) is 11.8 Å². The molecule has 1 saturated heterocycles. The van der Waals surface area contributed by atoms with Crippen LogP contribution in [0.1, 0.15) is 48.5 Å². The number of amides is 2. The van der Waals surface area contributed by atoms with Crippen LogP contribution in [0.3, 0.4) is 0 Å². The number of benzene rings is 1. The lowest BCUT2D eigenvalue weighted by molar-refractivity contribution is -0.311. The van der Waals surface area contributed by atoms with E-state index in [4.69, 9.17) is 14.6 Å². The third-order valence-corrected chi connectivity index (χ3v) is 5.98. The van der Waals surface area contributed by atoms with Crippen LogP contribution in [0.4, 0.5) is 0 Å². The van der Waals surface area contributed by atoms with E-state index >= 15 is 0 Å². The number of ether oxygens (including phenoxy) is 2. The van der Waals surface area contributed by atoms with E-state index in [0.717, 1.165) is 6.92 Å². The lowest BCUT2D eigenvalue weighted by Crippen LogP contribution is -2.67. The van der Waals surface area contributed by atoms with Gasteiger partial charge in [-0.2, -0.15) is 0 Å². The van der Waals surface area contributed by atoms with Gasteiger partial charge in [-0.3, -0.25) is 9.59 Å². The Morgan fingerprint density at radius 2 is 1.89 bits per heavy atom. The number of carboxylic acid groups (broad SMARTS) is 2. The molecule has 14 nitrogen and oxygen atoms in total. The van der Waals surface area contributed by atoms with Crippen LogP contribution >= 0.6 is 0 Å². The number of carbonyl (C=O) groups excluding carboxylic acids is 2. The van der Waals surface area contributed by atoms with Crippen LogP contribution < -0.4 is 10.6 Å². The molecule has 8 N–H and O–H groups in total. The van der Waals surface area contributed by atoms with Crippen molar-refractivity contribution in [2.45, 2.75) is 75.4 Å². The zero-order chi connectivity index (χ0) is 28.5. The molecule has 0 bridgehead atoms. The number of aliphatic carboxylic acids is 1. The number of nitrogens with one attached hydrogen (secondary N) is 2. The summed E-state index contributed by atoms with van der Waals surface area (Å²) in [4.78, 5) is 46.8. The Morgan fingerprint density at radius 3 is 2.50 bits per heavy atom. The SMILES string of the molecule is CC(=O)N[C@H]1[C@H]([C@H](O)[C@H](O)CO)O[C@@](OCCCCC(=O)NCc2cccc(C(=O)O)c2)(C(=O)O)C[C@@H]1O. The molecule has 0 unspecified atom stereocenters. The third kappa shape index (κ3) is 8.44. The van der Waals surface area contributed by atoms with Crippen molar-refractivity contribution in [3.63, 3.8) is 0 Å². The average Bonchev–Trinajstić information content (AvgIpc) is 2.87. The minimum absolute atomic E-state index is 0.0696. The van der Waals surface area contributed by atoms with Gasteiger partial charge in [-0.25, -0.2) is 9.59 Å². The Bertz CT molecular complexity index is 989. The standard InChI is InChI=1S/C24H34N2O12/c1-13(28)26-19-16(29)10-24(23(35)36,38-21(19)20(32)17(30)12-27)37-8-3-2-7-18(31)25-11-14-5-4-6-15(9-14)22(33)34/h4-6,9,16-17,19-21,27,29-30,32H,2-3,7-8,10-12H2,1H3,(H,25,31)(H,26,28)(H,33,34)(H,35,36)/t16-,17+,19+,20+,21+,24+/m0/s1. The van der Waals surface area contributed by atoms with E-state index in [1.165, 1.54) is 12.1 Å². The quantitative estimate of drug-likeness (QED) is 0.123. The van der Waals surface area contributed by atoms with E-state index < -0.39 is 67.1 Å². The molecule has 0 aliphatic carbocycles. The zero-order valence-electron chi connectivity index (χ0n) is 20.8. The number of carbonyl (C=O) groups is 4. The minimum atomic E-state index is -2.42. The van der Waals surface area contributed by atoms with Crippen molar-refractivity contribution >= 4 is 23.8 Å². The summed E-state index contributed by atoms with van der Waals surface area (Å²) in [5.74, 6) is -6.04. The molecular formula is C24H34N2O12. The molecule has 0 spiro atoms. The number of hydrogen-bond donors (Lipinski definition) is 8. The van der Waals surface area contributed by atoms with Gasteiger partial charge in [0.25, 0.3) is 5.79 Å². The van der Waals surface area contributed by atoms with Gasteiger partial charge in [0, 0.05) is 26.3 Å². The van der Waals surface area contributed by atoms with Gasteiger partial charge in [-0.1, -0.05) is 12.1 Å². The van der Waals surface area contributed by atoms with Crippen LogP contribution in [-0.2, 0) is 30.4 Å². The Balaban J connectivity index is 1.92. The van der Waals surface area contributed by atoms with Crippen LogP contribution in [0.15, 0.2) is 24.3 Å². The highest BCUT2D eigenvalue weighted by atomic mass is 16.7. The van der Waals surface area contributed by atoms with Crippen molar-refractivity contribution in [1.29, 1.82) is 0 Å². The molecule has 2 rings (SSSR count). The Morgan fingerprint density at radius 1 is 1.18 bits per heavy atom. The molecule has 6 atom stereocenters. The van der Waals surface area contributed by atoms with Crippen LogP contribution in [-0.4, -0.2) is 104 Å². The predicted molar refractivity (Wildman–Crippen MR) is 128 cm³/mol. The molecule has 1 fully saturated rings. The van der Waals surface area contributed by atoms with Crippen LogP contribution in [0, 0.1) is 0 Å². The van der Waals surface area contributed by atoms with Crippen molar-refractivity contribution in [1.82, 2.24) is 10.6 Å². The molecule has 1 aromatic carbocycles. The molecule has 38 heavy (non-hydrogen) atoms. The molecule has 1 aromatic rings. The van der Waals surface area contributed by atoms with Crippen LogP contribution in [0.2, 0.25) is 0 Å². The maximum Gasteiger partial charge on any atom is 0.364 e. The van der Waals surface area contributed by atoms with E-state index in [0.29, 0.717) is 12.0 Å². The van der Waals surface area contributed by atoms with Crippen LogP contribution in [0.25, 0.3) is 0 Å². The fourth-order valence-electron chi connectivity index (χ4n) is 4.01. The highest BCUT2D eigenvalue weighted by Gasteiger charge is 2.55. The second-order valence-corrected chi connectivity index (χ2v) is 8.97. The molecule has 14 heteroatoms. The number of aliphatic hydroxyl groups excluding tert-OH is 4. The van der Waals surface area contributed by atoms with E-state index in [9.17, 15) is 44.7 Å². The van der Waals surface area contributed by atoms with Gasteiger partial charge in [0.05, 0.1) is 30.9 Å². The Labute approximate surface area is 218 Å². The van der Waals surface area contributed by atoms with E-state index in [1.54, 1.807) is 12.1 Å². The van der Waals surface area contributed by atoms with Crippen LogP contribution in [0.5, 0.6) is 0 Å². The van der Waals surface area contributed by atoms with Crippen molar-refractivity contribution < 1.29 is 59.3 Å². The molecule has 0 saturated carbocycles. The largest absolute Gasteiger partial charge is 0.478 e. The fourth-order valence-corrected chi connectivity index (χ4v) is 4.01. The fraction of sp³-hybridized carbons (Fsp3) is 0.583. The van der Waals surface area contributed by atoms with Crippen molar-refractivity contribution in [2.24, 2.45) is 0 Å². The van der Waals surface area contributed by atoms with E-state index in [1.807, 2.05) is 0 Å². The summed E-state index contributed by atoms with van der Waals surface area (Å²) in [6.45, 7) is 0.168. The Hall–Kier alpha value is -3.14. The predicted octanol–water partition coefficient (Wildman–Crippen LogP) is -1.66. The summed E-state index contributed by atoms with van der Waals surface area (Å²) in [6, 6.07) is 4.83. The first kappa shape index (κ1) is 31.1. The normalized spacial score (nSPS) is 24.7. The molecule has 0 radical (unpaired) electrons. The van der Waals surface area contributed by atoms with Crippen molar-refractivity contribution in [3.05, 3.63) is 35.4 Å². The minimum Gasteiger partial charge on any atom is -0.478 e. The average molecular weight is 543 g/mol. The second-order valence-electron chi connectivity index (χ2n) is 8.97. The summed E-state index contributed by atoms with van der Waals surface area (Å²) in [7, 11) is 0. The summed E-state index contributed by atoms with van der Waals surface area (Å²) < 4.78 is 11.0. The first-order valence-electron chi connectivity index (χ1n) is 12.0. The molecule has 1 aliphatic heterocycles. The summed E-state index contributed by atoms with van der Waals surface area (Å²) in [5.41, 5.74) is 0.707. The summed E-state index contributed by atoms with van der Waals surface area (Å²) in [6.07, 6.45) is -6.82. The van der Waals surface area contributed by atoms with Gasteiger partial charge in [0.1, 0.15) is 18.3 Å². The number of aromatic carboxylic acids is 1. The van der Waals surface area contributed by atoms with Gasteiger partial charge in [-0.05, 0) is 30.5 Å². The van der Waals surface area contributed by atoms with Gasteiger partial charge in [0.15, 0.2) is 0 Å². The molecule has 0 aromatic heterocycles. The molecular weight excluding hydrogens is 508 g/mol. The highest BCUT2D eigenvalue weighted by Crippen LogP contribution is 2.33.